The van der Waals surface area contributed by atoms with Gasteiger partial charge in [0.1, 0.15) is 17.2 Å². The van der Waals surface area contributed by atoms with Gasteiger partial charge in [-0.25, -0.2) is 4.79 Å². The fraction of sp³-hybridized carbons (Fsp3) is 0.286. The van der Waals surface area contributed by atoms with Crippen LogP contribution in [0.25, 0.3) is 11.6 Å². The van der Waals surface area contributed by atoms with Crippen LogP contribution in [0.4, 0.5) is 0 Å². The number of esters is 1. The average molecular weight is 360 g/mol. The molecule has 0 radical (unpaired) electrons. The summed E-state index contributed by atoms with van der Waals surface area (Å²) in [5.74, 6) is 0.884. The van der Waals surface area contributed by atoms with Crippen molar-refractivity contribution in [2.24, 2.45) is 0 Å². The summed E-state index contributed by atoms with van der Waals surface area (Å²) in [5.41, 5.74) is 1.73. The Labute approximate surface area is 155 Å². The number of hydrogen-bond donors (Lipinski definition) is 1. The third-order valence-corrected chi connectivity index (χ3v) is 3.27. The van der Waals surface area contributed by atoms with Crippen LogP contribution in [0.5, 0.6) is 17.2 Å². The smallest absolute Gasteiger partial charge is 0.338 e. The molecule has 0 heterocycles. The van der Waals surface area contributed by atoms with E-state index in [1.807, 2.05) is 13.8 Å². The van der Waals surface area contributed by atoms with Crippen molar-refractivity contribution in [2.45, 2.75) is 21.3 Å². The van der Waals surface area contributed by atoms with E-state index in [0.717, 1.165) is 5.56 Å². The van der Waals surface area contributed by atoms with Gasteiger partial charge in [0.05, 0.1) is 26.9 Å². The first kappa shape index (κ1) is 23.1. The van der Waals surface area contributed by atoms with Gasteiger partial charge in [0, 0.05) is 6.07 Å². The van der Waals surface area contributed by atoms with Gasteiger partial charge in [-0.15, -0.1) is 0 Å². The second-order valence-electron chi connectivity index (χ2n) is 4.74. The zero-order valence-electron chi connectivity index (χ0n) is 15.2. The van der Waals surface area contributed by atoms with E-state index in [1.54, 1.807) is 50.6 Å². The molecule has 0 atom stereocenters. The second kappa shape index (κ2) is 11.6. The van der Waals surface area contributed by atoms with Crippen molar-refractivity contribution in [3.63, 3.8) is 0 Å². The molecule has 26 heavy (non-hydrogen) atoms. The van der Waals surface area contributed by atoms with Gasteiger partial charge in [-0.05, 0) is 41.5 Å². The molecule has 5 nitrogen and oxygen atoms in total. The van der Waals surface area contributed by atoms with Crippen LogP contribution in [0.1, 0.15) is 32.4 Å². The highest BCUT2D eigenvalue weighted by atomic mass is 16.5. The van der Waals surface area contributed by atoms with Gasteiger partial charge in [0.25, 0.3) is 0 Å². The molecule has 0 saturated heterocycles. The lowest BCUT2D eigenvalue weighted by Crippen LogP contribution is -2.03. The highest BCUT2D eigenvalue weighted by Crippen LogP contribution is 2.27. The van der Waals surface area contributed by atoms with E-state index in [9.17, 15) is 9.90 Å². The molecule has 2 aromatic rings. The lowest BCUT2D eigenvalue weighted by atomic mass is 10.0. The highest BCUT2D eigenvalue weighted by molar-refractivity contribution is 6.21. The number of carbonyl (C=O) groups is 1. The fourth-order valence-electron chi connectivity index (χ4n) is 2.09. The standard InChI is InChI=1S/C18H18O5.C2H6.CH4/c1-21-15-8-12(9-16(11-15)22-2)10-17(18(20)23-3)13-4-6-14(19)7-5-13;1-2;/h4-11,19H,1-3H3;1-2H3;1H4/b17-10+;;. The number of rotatable bonds is 5. The van der Waals surface area contributed by atoms with Crippen LogP contribution in [0.2, 0.25) is 0 Å². The number of methoxy groups -OCH3 is 3. The zero-order valence-corrected chi connectivity index (χ0v) is 15.2. The number of benzene rings is 2. The quantitative estimate of drug-likeness (QED) is 0.472. The Hall–Kier alpha value is -2.95. The molecule has 0 spiro atoms. The predicted octanol–water partition coefficient (Wildman–Crippen LogP) is 4.79. The van der Waals surface area contributed by atoms with Crippen LogP contribution >= 0.6 is 0 Å². The first-order chi connectivity index (χ1) is 12.1. The number of phenols is 1. The van der Waals surface area contributed by atoms with Crippen LogP contribution in [-0.2, 0) is 9.53 Å². The molecule has 0 amide bonds. The number of carbonyl (C=O) groups excluding carboxylic acids is 1. The summed E-state index contributed by atoms with van der Waals surface area (Å²) in [5, 5.41) is 9.39. The fourth-order valence-corrected chi connectivity index (χ4v) is 2.09. The second-order valence-corrected chi connectivity index (χ2v) is 4.74. The van der Waals surface area contributed by atoms with Gasteiger partial charge in [-0.1, -0.05) is 33.4 Å². The number of aromatic hydroxyl groups is 1. The third-order valence-electron chi connectivity index (χ3n) is 3.27. The van der Waals surface area contributed by atoms with Crippen LogP contribution in [0.15, 0.2) is 42.5 Å². The first-order valence-corrected chi connectivity index (χ1v) is 7.90. The van der Waals surface area contributed by atoms with Crippen molar-refractivity contribution in [3.8, 4) is 17.2 Å². The summed E-state index contributed by atoms with van der Waals surface area (Å²) in [7, 11) is 4.44. The molecule has 0 aliphatic heterocycles. The maximum absolute atomic E-state index is 12.1. The molecule has 2 rings (SSSR count). The normalized spacial score (nSPS) is 9.96. The molecule has 0 unspecified atom stereocenters. The van der Waals surface area contributed by atoms with Crippen LogP contribution < -0.4 is 9.47 Å². The van der Waals surface area contributed by atoms with E-state index < -0.39 is 5.97 Å². The van der Waals surface area contributed by atoms with Crippen LogP contribution in [0, 0.1) is 0 Å². The molecular weight excluding hydrogens is 332 g/mol. The third kappa shape index (κ3) is 6.16. The minimum Gasteiger partial charge on any atom is -0.508 e. The predicted molar refractivity (Wildman–Crippen MR) is 106 cm³/mol. The van der Waals surface area contributed by atoms with Crippen LogP contribution in [0.3, 0.4) is 0 Å². The summed E-state index contributed by atoms with van der Waals surface area (Å²) in [6, 6.07) is 11.6. The monoisotopic (exact) mass is 360 g/mol. The largest absolute Gasteiger partial charge is 0.508 e. The highest BCUT2D eigenvalue weighted by Gasteiger charge is 2.13. The Balaban J connectivity index is 0.00000201. The van der Waals surface area contributed by atoms with Gasteiger partial charge >= 0.3 is 5.97 Å². The lowest BCUT2D eigenvalue weighted by molar-refractivity contribution is -0.133. The van der Waals surface area contributed by atoms with E-state index in [-0.39, 0.29) is 13.2 Å². The van der Waals surface area contributed by atoms with Crippen molar-refractivity contribution < 1.29 is 24.1 Å². The van der Waals surface area contributed by atoms with Crippen molar-refractivity contribution in [2.75, 3.05) is 21.3 Å². The Morgan fingerprint density at radius 3 is 1.85 bits per heavy atom. The Bertz CT molecular complexity index is 695. The molecule has 0 fully saturated rings. The SMILES string of the molecule is C.CC.COC(=O)/C(=C/c1cc(OC)cc(OC)c1)c1ccc(O)cc1. The summed E-state index contributed by atoms with van der Waals surface area (Å²) >= 11 is 0. The van der Waals surface area contributed by atoms with Crippen molar-refractivity contribution >= 4 is 17.6 Å². The van der Waals surface area contributed by atoms with Gasteiger partial charge in [-0.3, -0.25) is 0 Å². The Morgan fingerprint density at radius 1 is 0.923 bits per heavy atom. The van der Waals surface area contributed by atoms with Crippen molar-refractivity contribution in [1.29, 1.82) is 0 Å². The Morgan fingerprint density at radius 2 is 1.42 bits per heavy atom. The maximum atomic E-state index is 12.1. The summed E-state index contributed by atoms with van der Waals surface area (Å²) in [6.07, 6.45) is 1.68. The van der Waals surface area contributed by atoms with Crippen molar-refractivity contribution in [1.82, 2.24) is 0 Å². The summed E-state index contributed by atoms with van der Waals surface area (Å²) in [4.78, 5) is 12.1. The minimum atomic E-state index is -0.475. The molecule has 0 aliphatic rings. The van der Waals surface area contributed by atoms with Gasteiger partial charge in [0.2, 0.25) is 0 Å². The van der Waals surface area contributed by atoms with E-state index in [2.05, 4.69) is 0 Å². The van der Waals surface area contributed by atoms with Crippen LogP contribution in [-0.4, -0.2) is 32.4 Å². The van der Waals surface area contributed by atoms with Gasteiger partial charge in [-0.2, -0.15) is 0 Å². The molecule has 0 aromatic heterocycles. The van der Waals surface area contributed by atoms with E-state index in [4.69, 9.17) is 14.2 Å². The van der Waals surface area contributed by atoms with Crippen molar-refractivity contribution in [3.05, 3.63) is 53.6 Å². The number of ether oxygens (including phenoxy) is 3. The summed E-state index contributed by atoms with van der Waals surface area (Å²) < 4.78 is 15.3. The van der Waals surface area contributed by atoms with E-state index in [0.29, 0.717) is 22.6 Å². The molecule has 5 heteroatoms. The van der Waals surface area contributed by atoms with E-state index in [1.165, 1.54) is 19.2 Å². The molecule has 0 saturated carbocycles. The average Bonchev–Trinajstić information content (AvgIpc) is 2.67. The van der Waals surface area contributed by atoms with E-state index >= 15 is 0 Å². The van der Waals surface area contributed by atoms with Gasteiger partial charge < -0.3 is 19.3 Å². The molecular formula is C21H28O5. The minimum absolute atomic E-state index is 0. The lowest BCUT2D eigenvalue weighted by Gasteiger charge is -2.09. The number of hydrogen-bond acceptors (Lipinski definition) is 5. The van der Waals surface area contributed by atoms with Gasteiger partial charge in [0.15, 0.2) is 0 Å². The molecule has 1 N–H and O–H groups in total. The molecule has 142 valence electrons. The first-order valence-electron chi connectivity index (χ1n) is 7.90. The number of phenolic OH excluding ortho intramolecular Hbond substituents is 1. The zero-order chi connectivity index (χ0) is 18.8. The molecule has 0 aliphatic carbocycles. The maximum Gasteiger partial charge on any atom is 0.338 e. The molecule has 2 aromatic carbocycles. The topological polar surface area (TPSA) is 65.0 Å². The Kier molecular flexibility index (Phi) is 10.3. The summed E-state index contributed by atoms with van der Waals surface area (Å²) in [6.45, 7) is 4.00. The molecule has 0 bridgehead atoms.